The van der Waals surface area contributed by atoms with Crippen LogP contribution in [-0.4, -0.2) is 51.9 Å². The number of anilines is 1. The van der Waals surface area contributed by atoms with Crippen molar-refractivity contribution in [1.29, 1.82) is 0 Å². The van der Waals surface area contributed by atoms with Crippen molar-refractivity contribution in [3.05, 3.63) is 52.1 Å². The molecular weight excluding hydrogens is 515 g/mol. The van der Waals surface area contributed by atoms with Crippen molar-refractivity contribution in [2.75, 3.05) is 11.9 Å². The molecule has 5 rings (SSSR count). The van der Waals surface area contributed by atoms with Crippen molar-refractivity contribution in [1.82, 2.24) is 9.55 Å². The van der Waals surface area contributed by atoms with Crippen LogP contribution in [0.5, 0.6) is 5.75 Å². The molecule has 0 saturated carbocycles. The maximum Gasteiger partial charge on any atom is 0.475 e. The molecule has 0 aliphatic carbocycles. The molecule has 2 unspecified atom stereocenters. The number of benzene rings is 1. The molecule has 2 fully saturated rings. The maximum absolute atomic E-state index is 15.2. The van der Waals surface area contributed by atoms with Gasteiger partial charge in [0.1, 0.15) is 23.3 Å². The number of phosphoric ester groups is 1. The summed E-state index contributed by atoms with van der Waals surface area (Å²) < 4.78 is 69.9. The summed E-state index contributed by atoms with van der Waals surface area (Å²) in [4.78, 5) is 29.1. The Labute approximate surface area is 210 Å². The van der Waals surface area contributed by atoms with Crippen LogP contribution in [0.1, 0.15) is 49.8 Å². The summed E-state index contributed by atoms with van der Waals surface area (Å²) in [5.41, 5.74) is -0.266. The second-order valence-electron chi connectivity index (χ2n) is 9.94. The van der Waals surface area contributed by atoms with Crippen molar-refractivity contribution in [3.63, 3.8) is 0 Å². The summed E-state index contributed by atoms with van der Waals surface area (Å²) in [6.07, 6.45) is -4.29. The summed E-state index contributed by atoms with van der Waals surface area (Å²) >= 11 is 0. The first-order chi connectivity index (χ1) is 17.3. The van der Waals surface area contributed by atoms with E-state index in [9.17, 15) is 14.2 Å². The Bertz CT molecular complexity index is 1350. The molecule has 3 aliphatic rings. The van der Waals surface area contributed by atoms with Crippen LogP contribution in [0, 0.1) is 0 Å². The van der Waals surface area contributed by atoms with E-state index in [-0.39, 0.29) is 11.4 Å². The number of nitrogens with zero attached hydrogens (tertiary/aromatic N) is 2. The van der Waals surface area contributed by atoms with Crippen LogP contribution in [0.15, 0.2) is 35.3 Å². The molecule has 4 heterocycles. The topological polar surface area (TPSA) is 127 Å². The molecular formula is C23H26F2N3O8P. The average molecular weight is 541 g/mol. The van der Waals surface area contributed by atoms with Gasteiger partial charge in [0, 0.05) is 18.2 Å². The van der Waals surface area contributed by atoms with Gasteiger partial charge >= 0.3 is 19.4 Å². The molecule has 200 valence electrons. The summed E-state index contributed by atoms with van der Waals surface area (Å²) in [7, 11) is -4.23. The van der Waals surface area contributed by atoms with Crippen molar-refractivity contribution in [2.24, 2.45) is 0 Å². The van der Waals surface area contributed by atoms with Gasteiger partial charge in [-0.15, -0.1) is 0 Å². The molecule has 1 N–H and O–H groups in total. The predicted molar refractivity (Wildman–Crippen MR) is 125 cm³/mol. The minimum atomic E-state index is -4.23. The molecule has 1 aromatic heterocycles. The zero-order valence-corrected chi connectivity index (χ0v) is 21.4. The second-order valence-corrected chi connectivity index (χ2v) is 11.5. The molecule has 1 aromatic carbocycles. The number of hydrogen-bond donors (Lipinski definition) is 1. The number of rotatable bonds is 5. The summed E-state index contributed by atoms with van der Waals surface area (Å²) in [6, 6.07) is 6.17. The van der Waals surface area contributed by atoms with E-state index in [2.05, 4.69) is 10.3 Å². The first-order valence-corrected chi connectivity index (χ1v) is 13.1. The highest BCUT2D eigenvalue weighted by atomic mass is 31.2. The smallest absolute Gasteiger partial charge is 0.475 e. The molecule has 2 saturated heterocycles. The molecule has 1 amide bonds. The number of fused-ring (bicyclic) bond motifs is 2. The molecule has 37 heavy (non-hydrogen) atoms. The van der Waals surface area contributed by atoms with Gasteiger partial charge in [-0.2, -0.15) is 13.8 Å². The van der Waals surface area contributed by atoms with Gasteiger partial charge < -0.3 is 14.8 Å². The first kappa shape index (κ1) is 25.9. The van der Waals surface area contributed by atoms with Gasteiger partial charge in [0.15, 0.2) is 6.10 Å². The molecule has 2 aromatic rings. The van der Waals surface area contributed by atoms with Gasteiger partial charge in [-0.05, 0) is 57.5 Å². The van der Waals surface area contributed by atoms with Crippen LogP contribution >= 0.6 is 7.82 Å². The van der Waals surface area contributed by atoms with Crippen molar-refractivity contribution >= 4 is 19.5 Å². The number of aromatic nitrogens is 2. The Morgan fingerprint density at radius 1 is 1.30 bits per heavy atom. The molecule has 0 spiro atoms. The van der Waals surface area contributed by atoms with E-state index < -0.39 is 56.5 Å². The number of halogens is 2. The lowest BCUT2D eigenvalue weighted by atomic mass is 10.00. The number of carbonyl (C=O) groups is 1. The maximum atomic E-state index is 15.2. The zero-order valence-electron chi connectivity index (χ0n) is 20.5. The highest BCUT2D eigenvalue weighted by Crippen LogP contribution is 2.60. The number of alkyl halides is 2. The summed E-state index contributed by atoms with van der Waals surface area (Å²) in [6.45, 7) is 6.51. The average Bonchev–Trinajstić information content (AvgIpc) is 3.23. The normalized spacial score (nSPS) is 29.4. The SMILES string of the molecule is CC(C)OP1(=O)OC[C@H]2OC(n3ccc(NC(=O)c4ccc5c(c4)CC(C)(C)O5)nc3=O)C(F)(F)[C@@H]2O1. The zero-order chi connectivity index (χ0) is 26.8. The van der Waals surface area contributed by atoms with Gasteiger partial charge in [-0.3, -0.25) is 22.9 Å². The molecule has 11 nitrogen and oxygen atoms in total. The van der Waals surface area contributed by atoms with E-state index in [0.717, 1.165) is 11.8 Å². The lowest BCUT2D eigenvalue weighted by Gasteiger charge is -2.32. The summed E-state index contributed by atoms with van der Waals surface area (Å²) in [5, 5.41) is 2.50. The monoisotopic (exact) mass is 541 g/mol. The number of carbonyl (C=O) groups excluding carboxylic acids is 1. The van der Waals surface area contributed by atoms with Gasteiger partial charge in [0.25, 0.3) is 5.91 Å². The predicted octanol–water partition coefficient (Wildman–Crippen LogP) is 3.69. The Morgan fingerprint density at radius 2 is 2.05 bits per heavy atom. The van der Waals surface area contributed by atoms with Crippen molar-refractivity contribution < 1.29 is 41.2 Å². The third-order valence-corrected chi connectivity index (χ3v) is 7.61. The second kappa shape index (κ2) is 8.95. The fourth-order valence-electron chi connectivity index (χ4n) is 4.48. The van der Waals surface area contributed by atoms with E-state index in [1.54, 1.807) is 32.0 Å². The van der Waals surface area contributed by atoms with E-state index in [1.807, 2.05) is 13.8 Å². The van der Waals surface area contributed by atoms with Crippen LogP contribution in [0.2, 0.25) is 0 Å². The third-order valence-electron chi connectivity index (χ3n) is 5.98. The third kappa shape index (κ3) is 4.94. The van der Waals surface area contributed by atoms with Crippen LogP contribution in [-0.2, 0) is 29.3 Å². The number of phosphoric acid groups is 1. The number of nitrogens with one attached hydrogen (secondary N) is 1. The van der Waals surface area contributed by atoms with Gasteiger partial charge in [-0.25, -0.2) is 9.36 Å². The van der Waals surface area contributed by atoms with Crippen molar-refractivity contribution in [2.45, 2.75) is 70.2 Å². The van der Waals surface area contributed by atoms with Gasteiger partial charge in [0.05, 0.1) is 12.7 Å². The molecule has 4 atom stereocenters. The number of amides is 1. The van der Waals surface area contributed by atoms with E-state index >= 15 is 8.78 Å². The largest absolute Gasteiger partial charge is 0.487 e. The van der Waals surface area contributed by atoms with Gasteiger partial charge in [0.2, 0.25) is 6.23 Å². The van der Waals surface area contributed by atoms with Gasteiger partial charge in [-0.1, -0.05) is 0 Å². The lowest BCUT2D eigenvalue weighted by molar-refractivity contribution is -0.139. The molecule has 0 radical (unpaired) electrons. The Morgan fingerprint density at radius 3 is 2.76 bits per heavy atom. The fraction of sp³-hybridized carbons (Fsp3) is 0.522. The summed E-state index contributed by atoms with van der Waals surface area (Å²) in [5.74, 6) is -3.73. The van der Waals surface area contributed by atoms with E-state index in [4.69, 9.17) is 23.0 Å². The van der Waals surface area contributed by atoms with Crippen molar-refractivity contribution in [3.8, 4) is 5.75 Å². The van der Waals surface area contributed by atoms with Crippen LogP contribution in [0.3, 0.4) is 0 Å². The lowest BCUT2D eigenvalue weighted by Crippen LogP contribution is -2.45. The minimum absolute atomic E-state index is 0.128. The van der Waals surface area contributed by atoms with Crippen LogP contribution in [0.4, 0.5) is 14.6 Å². The van der Waals surface area contributed by atoms with E-state index in [0.29, 0.717) is 22.3 Å². The van der Waals surface area contributed by atoms with Crippen LogP contribution < -0.4 is 15.7 Å². The number of hydrogen-bond acceptors (Lipinski definition) is 9. The first-order valence-electron chi connectivity index (χ1n) is 11.6. The quantitative estimate of drug-likeness (QED) is 0.564. The Hall–Kier alpha value is -2.70. The Kier molecular flexibility index (Phi) is 6.27. The minimum Gasteiger partial charge on any atom is -0.487 e. The molecule has 0 bridgehead atoms. The molecule has 14 heteroatoms. The fourth-order valence-corrected chi connectivity index (χ4v) is 6.05. The standard InChI is InChI=1S/C23H26F2N3O8P/c1-12(2)35-37(31)32-11-16-18(36-37)23(24,25)20(33-16)28-8-7-17(27-21(28)30)26-19(29)13-5-6-15-14(9-13)10-22(3,4)34-15/h5-9,12,16,18,20H,10-11H2,1-4H3,(H,26,27,29,30)/t16-,18-,20?,37?/m1/s1. The molecule has 3 aliphatic heterocycles. The number of ether oxygens (including phenoxy) is 2. The van der Waals surface area contributed by atoms with Crippen LogP contribution in [0.25, 0.3) is 0 Å². The van der Waals surface area contributed by atoms with E-state index in [1.165, 1.54) is 6.07 Å². The highest BCUT2D eigenvalue weighted by Gasteiger charge is 2.65. The highest BCUT2D eigenvalue weighted by molar-refractivity contribution is 7.48. The Balaban J connectivity index is 1.32.